The highest BCUT2D eigenvalue weighted by atomic mass is 35.5. The van der Waals surface area contributed by atoms with E-state index in [0.717, 1.165) is 0 Å². The van der Waals surface area contributed by atoms with E-state index in [2.05, 4.69) is 4.98 Å². The number of halogens is 2. The Morgan fingerprint density at radius 2 is 1.79 bits per heavy atom. The molecule has 0 aliphatic carbocycles. The zero-order valence-corrected chi connectivity index (χ0v) is 18.5. The summed E-state index contributed by atoms with van der Waals surface area (Å²) in [7, 11) is 0. The Kier molecular flexibility index (Phi) is 6.81. The number of benzene rings is 3. The van der Waals surface area contributed by atoms with Gasteiger partial charge < -0.3 is 4.74 Å². The Labute approximate surface area is 199 Å². The molecule has 0 aliphatic rings. The van der Waals surface area contributed by atoms with Crippen LogP contribution >= 0.6 is 11.6 Å². The fourth-order valence-corrected chi connectivity index (χ4v) is 3.51. The maximum Gasteiger partial charge on any atom is 0.339 e. The molecule has 0 bridgehead atoms. The Hall–Kier alpha value is -4.28. The van der Waals surface area contributed by atoms with Crippen LogP contribution in [0.2, 0.25) is 5.02 Å². The highest BCUT2D eigenvalue weighted by Gasteiger charge is 2.17. The van der Waals surface area contributed by atoms with Crippen molar-refractivity contribution in [2.75, 3.05) is 0 Å². The molecule has 3 aromatic carbocycles. The van der Waals surface area contributed by atoms with Crippen molar-refractivity contribution in [3.05, 3.63) is 111 Å². The molecule has 1 aromatic heterocycles. The van der Waals surface area contributed by atoms with Gasteiger partial charge in [0.1, 0.15) is 19.0 Å². The molecule has 34 heavy (non-hydrogen) atoms. The van der Waals surface area contributed by atoms with Crippen LogP contribution in [0.5, 0.6) is 0 Å². The second-order valence-corrected chi connectivity index (χ2v) is 7.72. The van der Waals surface area contributed by atoms with E-state index in [1.165, 1.54) is 28.8 Å². The second-order valence-electron chi connectivity index (χ2n) is 7.29. The third kappa shape index (κ3) is 5.03. The van der Waals surface area contributed by atoms with Crippen LogP contribution < -0.4 is 5.56 Å². The highest BCUT2D eigenvalue weighted by Crippen LogP contribution is 2.22. The van der Waals surface area contributed by atoms with Crippen molar-refractivity contribution >= 4 is 40.1 Å². The normalized spacial score (nSPS) is 11.3. The lowest BCUT2D eigenvalue weighted by molar-refractivity contribution is -0.138. The number of carbonyl (C=O) groups is 1. The molecule has 4 rings (SSSR count). The smallest absolute Gasteiger partial charge is 0.339 e. The number of ether oxygens (including phenoxy) is 1. The number of aromatic nitrogens is 2. The number of fused-ring (bicyclic) bond motifs is 1. The minimum Gasteiger partial charge on any atom is -0.454 e. The zero-order chi connectivity index (χ0) is 24.1. The summed E-state index contributed by atoms with van der Waals surface area (Å²) >= 11 is 5.95. The number of hydrogen-bond donors (Lipinski definition) is 0. The zero-order valence-electron chi connectivity index (χ0n) is 17.7. The maximum absolute atomic E-state index is 13.5. The minimum atomic E-state index is -0.701. The molecule has 0 N–H and O–H groups in total. The number of esters is 1. The van der Waals surface area contributed by atoms with Crippen LogP contribution in [0.1, 0.15) is 17.0 Å². The first kappa shape index (κ1) is 22.9. The van der Waals surface area contributed by atoms with E-state index >= 15 is 0 Å². The summed E-state index contributed by atoms with van der Waals surface area (Å²) in [6.45, 7) is -0.575. The number of rotatable bonds is 6. The minimum absolute atomic E-state index is 0.142. The number of nitriles is 1. The fourth-order valence-electron chi connectivity index (χ4n) is 3.38. The topological polar surface area (TPSA) is 85.0 Å². The standard InChI is InChI=1S/C26H17ClFN3O3/c27-19-9-5-17(6-10-19)15-22(18-7-11-20(28)12-8-18)26(33)34-16-24-30-23-4-2-1-3-21(23)25(32)31(24)14-13-29/h1-12,15H,14,16H2. The van der Waals surface area contributed by atoms with Crippen LogP contribution in [0.25, 0.3) is 22.6 Å². The van der Waals surface area contributed by atoms with E-state index in [1.807, 2.05) is 6.07 Å². The Morgan fingerprint density at radius 3 is 2.50 bits per heavy atom. The van der Waals surface area contributed by atoms with E-state index in [4.69, 9.17) is 21.6 Å². The maximum atomic E-state index is 13.5. The van der Waals surface area contributed by atoms with Crippen molar-refractivity contribution in [1.29, 1.82) is 5.26 Å². The molecular formula is C26H17ClFN3O3. The molecule has 0 aliphatic heterocycles. The second kappa shape index (κ2) is 10.1. The van der Waals surface area contributed by atoms with Gasteiger partial charge in [-0.05, 0) is 53.6 Å². The Bertz CT molecular complexity index is 1490. The predicted molar refractivity (Wildman–Crippen MR) is 127 cm³/mol. The molecule has 0 saturated heterocycles. The van der Waals surface area contributed by atoms with Gasteiger partial charge in [0.25, 0.3) is 5.56 Å². The summed E-state index contributed by atoms with van der Waals surface area (Å²) in [5.74, 6) is -1.00. The van der Waals surface area contributed by atoms with Gasteiger partial charge in [-0.15, -0.1) is 0 Å². The van der Waals surface area contributed by atoms with Crippen molar-refractivity contribution in [3.8, 4) is 6.07 Å². The van der Waals surface area contributed by atoms with Crippen molar-refractivity contribution in [3.63, 3.8) is 0 Å². The lowest BCUT2D eigenvalue weighted by Gasteiger charge is -2.13. The van der Waals surface area contributed by atoms with Gasteiger partial charge in [-0.2, -0.15) is 5.26 Å². The quantitative estimate of drug-likeness (QED) is 0.223. The van der Waals surface area contributed by atoms with Gasteiger partial charge in [0, 0.05) is 5.02 Å². The van der Waals surface area contributed by atoms with Gasteiger partial charge in [-0.3, -0.25) is 9.36 Å². The van der Waals surface area contributed by atoms with Gasteiger partial charge in [-0.1, -0.05) is 48.0 Å². The molecule has 0 spiro atoms. The van der Waals surface area contributed by atoms with Gasteiger partial charge in [0.05, 0.1) is 22.5 Å². The molecular weight excluding hydrogens is 457 g/mol. The lowest BCUT2D eigenvalue weighted by Crippen LogP contribution is -2.26. The summed E-state index contributed by atoms with van der Waals surface area (Å²) in [6.07, 6.45) is 1.60. The van der Waals surface area contributed by atoms with Gasteiger partial charge in [0.2, 0.25) is 0 Å². The average molecular weight is 474 g/mol. The van der Waals surface area contributed by atoms with Crippen LogP contribution in [0.4, 0.5) is 4.39 Å². The predicted octanol–water partition coefficient (Wildman–Crippen LogP) is 5.00. The third-order valence-electron chi connectivity index (χ3n) is 5.06. The Morgan fingerprint density at radius 1 is 1.09 bits per heavy atom. The van der Waals surface area contributed by atoms with Crippen molar-refractivity contribution in [2.24, 2.45) is 0 Å². The summed E-state index contributed by atoms with van der Waals surface area (Å²) in [6, 6.07) is 20.9. The van der Waals surface area contributed by atoms with E-state index in [0.29, 0.717) is 27.1 Å². The highest BCUT2D eigenvalue weighted by molar-refractivity contribution is 6.30. The third-order valence-corrected chi connectivity index (χ3v) is 5.31. The van der Waals surface area contributed by atoms with Crippen molar-refractivity contribution < 1.29 is 13.9 Å². The first-order valence-electron chi connectivity index (χ1n) is 10.2. The molecule has 0 saturated carbocycles. The largest absolute Gasteiger partial charge is 0.454 e. The van der Waals surface area contributed by atoms with Gasteiger partial charge in [0.15, 0.2) is 5.82 Å². The molecule has 0 fully saturated rings. The first-order chi connectivity index (χ1) is 16.5. The number of carbonyl (C=O) groups excluding carboxylic acids is 1. The molecule has 6 nitrogen and oxygen atoms in total. The van der Waals surface area contributed by atoms with Gasteiger partial charge >= 0.3 is 5.97 Å². The fraction of sp³-hybridized carbons (Fsp3) is 0.0769. The van der Waals surface area contributed by atoms with Gasteiger partial charge in [-0.25, -0.2) is 14.2 Å². The monoisotopic (exact) mass is 473 g/mol. The van der Waals surface area contributed by atoms with Crippen LogP contribution in [0.3, 0.4) is 0 Å². The number of para-hydroxylation sites is 1. The molecule has 0 radical (unpaired) electrons. The number of nitrogens with zero attached hydrogens (tertiary/aromatic N) is 3. The van der Waals surface area contributed by atoms with E-state index < -0.39 is 17.3 Å². The summed E-state index contributed by atoms with van der Waals surface area (Å²) in [5, 5.41) is 10.1. The molecule has 1 heterocycles. The molecule has 0 unspecified atom stereocenters. The first-order valence-corrected chi connectivity index (χ1v) is 10.6. The summed E-state index contributed by atoms with van der Waals surface area (Å²) in [4.78, 5) is 30.3. The number of hydrogen-bond acceptors (Lipinski definition) is 5. The molecule has 0 atom stereocenters. The van der Waals surface area contributed by atoms with Crippen LogP contribution in [-0.4, -0.2) is 15.5 Å². The summed E-state index contributed by atoms with van der Waals surface area (Å²) in [5.41, 5.74) is 1.35. The van der Waals surface area contributed by atoms with E-state index in [-0.39, 0.29) is 24.5 Å². The summed E-state index contributed by atoms with van der Waals surface area (Å²) < 4.78 is 20.1. The molecule has 168 valence electrons. The van der Waals surface area contributed by atoms with E-state index in [9.17, 15) is 14.0 Å². The SMILES string of the molecule is N#CCn1c(COC(=O)C(=Cc2ccc(Cl)cc2)c2ccc(F)cc2)nc2ccccc2c1=O. The Balaban J connectivity index is 1.68. The van der Waals surface area contributed by atoms with Crippen LogP contribution in [0.15, 0.2) is 77.6 Å². The molecule has 0 amide bonds. The molecule has 4 aromatic rings. The lowest BCUT2D eigenvalue weighted by atomic mass is 10.0. The van der Waals surface area contributed by atoms with Crippen LogP contribution in [0, 0.1) is 17.1 Å². The average Bonchev–Trinajstić information content (AvgIpc) is 2.85. The van der Waals surface area contributed by atoms with Crippen molar-refractivity contribution in [1.82, 2.24) is 9.55 Å². The molecule has 8 heteroatoms. The van der Waals surface area contributed by atoms with Crippen LogP contribution in [-0.2, 0) is 22.7 Å². The van der Waals surface area contributed by atoms with Crippen molar-refractivity contribution in [2.45, 2.75) is 13.2 Å². The van der Waals surface area contributed by atoms with E-state index in [1.54, 1.807) is 54.6 Å².